The van der Waals surface area contributed by atoms with Gasteiger partial charge in [0.1, 0.15) is 0 Å². The highest BCUT2D eigenvalue weighted by Crippen LogP contribution is 2.15. The summed E-state index contributed by atoms with van der Waals surface area (Å²) in [5, 5.41) is 2.96. The van der Waals surface area contributed by atoms with Crippen molar-refractivity contribution in [3.63, 3.8) is 0 Å². The van der Waals surface area contributed by atoms with E-state index in [4.69, 9.17) is 0 Å². The molecule has 0 aliphatic rings. The number of nitrogens with one attached hydrogen (secondary N) is 1. The fraction of sp³-hybridized carbons (Fsp3) is 0.167. The zero-order valence-electron chi connectivity index (χ0n) is 5.13. The van der Waals surface area contributed by atoms with E-state index < -0.39 is 0 Å². The molecular weight excluding hydrogens is 132 g/mol. The number of pyridine rings is 1. The molecule has 1 rings (SSSR count). The number of hydrogen-bond donors (Lipinski definition) is 2. The topological polar surface area (TPSA) is 24.9 Å². The number of aromatic nitrogens is 1. The number of rotatable bonds is 1. The maximum Gasteiger partial charge on any atom is 0.0659 e. The summed E-state index contributed by atoms with van der Waals surface area (Å²) in [6.07, 6.45) is 3.45. The molecule has 0 saturated heterocycles. The van der Waals surface area contributed by atoms with Crippen molar-refractivity contribution in [3.05, 3.63) is 18.5 Å². The first-order chi connectivity index (χ1) is 4.34. The Hall–Kier alpha value is -0.700. The molecule has 1 aromatic heterocycles. The van der Waals surface area contributed by atoms with Gasteiger partial charge >= 0.3 is 0 Å². The Balaban J connectivity index is 3.01. The zero-order chi connectivity index (χ0) is 6.69. The lowest BCUT2D eigenvalue weighted by Crippen LogP contribution is -1.89. The quantitative estimate of drug-likeness (QED) is 0.576. The lowest BCUT2D eigenvalue weighted by Gasteiger charge is -1.99. The molecule has 48 valence electrons. The van der Waals surface area contributed by atoms with E-state index in [9.17, 15) is 0 Å². The molecule has 1 heterocycles. The van der Waals surface area contributed by atoms with E-state index in [0.717, 1.165) is 10.6 Å². The van der Waals surface area contributed by atoms with Crippen LogP contribution in [0.3, 0.4) is 0 Å². The average Bonchev–Trinajstić information content (AvgIpc) is 1.89. The fourth-order valence-corrected chi connectivity index (χ4v) is 0.816. The molecule has 0 bridgehead atoms. The van der Waals surface area contributed by atoms with Crippen LogP contribution < -0.4 is 5.32 Å². The van der Waals surface area contributed by atoms with Crippen LogP contribution in [0.15, 0.2) is 23.4 Å². The van der Waals surface area contributed by atoms with Gasteiger partial charge in [0.05, 0.1) is 11.9 Å². The summed E-state index contributed by atoms with van der Waals surface area (Å²) in [7, 11) is 1.84. The van der Waals surface area contributed by atoms with Crippen LogP contribution in [0.4, 0.5) is 5.69 Å². The number of hydrogen-bond acceptors (Lipinski definition) is 3. The minimum Gasteiger partial charge on any atom is -0.386 e. The zero-order valence-corrected chi connectivity index (χ0v) is 6.02. The fourth-order valence-electron chi connectivity index (χ4n) is 0.580. The van der Waals surface area contributed by atoms with Gasteiger partial charge in [0.2, 0.25) is 0 Å². The van der Waals surface area contributed by atoms with Crippen LogP contribution in [0.1, 0.15) is 0 Å². The Kier molecular flexibility index (Phi) is 1.95. The van der Waals surface area contributed by atoms with Crippen LogP contribution >= 0.6 is 12.6 Å². The van der Waals surface area contributed by atoms with E-state index in [1.54, 1.807) is 12.4 Å². The van der Waals surface area contributed by atoms with E-state index in [-0.39, 0.29) is 0 Å². The molecule has 0 atom stereocenters. The maximum atomic E-state index is 4.18. The molecule has 0 fully saturated rings. The van der Waals surface area contributed by atoms with Gasteiger partial charge in [0, 0.05) is 18.1 Å². The first-order valence-corrected chi connectivity index (χ1v) is 3.10. The van der Waals surface area contributed by atoms with Gasteiger partial charge in [-0.3, -0.25) is 4.98 Å². The molecule has 0 aliphatic carbocycles. The van der Waals surface area contributed by atoms with Gasteiger partial charge in [-0.1, -0.05) is 0 Å². The number of nitrogens with zero attached hydrogens (tertiary/aromatic N) is 1. The number of thiol groups is 1. The van der Waals surface area contributed by atoms with Crippen molar-refractivity contribution < 1.29 is 0 Å². The predicted molar refractivity (Wildman–Crippen MR) is 41.0 cm³/mol. The van der Waals surface area contributed by atoms with Gasteiger partial charge in [-0.25, -0.2) is 0 Å². The molecule has 0 saturated carbocycles. The van der Waals surface area contributed by atoms with Crippen molar-refractivity contribution in [1.29, 1.82) is 0 Å². The molecule has 2 nitrogen and oxygen atoms in total. The summed E-state index contributed by atoms with van der Waals surface area (Å²) in [5.74, 6) is 0. The second-order valence-corrected chi connectivity index (χ2v) is 2.12. The maximum absolute atomic E-state index is 4.18. The van der Waals surface area contributed by atoms with Crippen LogP contribution in [0.5, 0.6) is 0 Å². The van der Waals surface area contributed by atoms with Crippen LogP contribution in [0.25, 0.3) is 0 Å². The van der Waals surface area contributed by atoms with Gasteiger partial charge in [-0.15, -0.1) is 12.6 Å². The van der Waals surface area contributed by atoms with Gasteiger partial charge in [0.15, 0.2) is 0 Å². The van der Waals surface area contributed by atoms with Crippen LogP contribution in [-0.2, 0) is 0 Å². The SMILES string of the molecule is CNc1cnccc1S. The Labute approximate surface area is 59.7 Å². The summed E-state index contributed by atoms with van der Waals surface area (Å²) in [6, 6.07) is 1.84. The normalized spacial score (nSPS) is 9.11. The van der Waals surface area contributed by atoms with Crippen molar-refractivity contribution in [1.82, 2.24) is 4.98 Å². The Bertz CT molecular complexity index is 200. The van der Waals surface area contributed by atoms with Crippen molar-refractivity contribution in [2.45, 2.75) is 4.90 Å². The van der Waals surface area contributed by atoms with Crippen molar-refractivity contribution in [3.8, 4) is 0 Å². The van der Waals surface area contributed by atoms with Gasteiger partial charge in [-0.05, 0) is 6.07 Å². The van der Waals surface area contributed by atoms with Crippen LogP contribution in [0.2, 0.25) is 0 Å². The van der Waals surface area contributed by atoms with Crippen molar-refractivity contribution in [2.24, 2.45) is 0 Å². The molecule has 1 N–H and O–H groups in total. The monoisotopic (exact) mass is 140 g/mol. The molecule has 0 radical (unpaired) electrons. The van der Waals surface area contributed by atoms with E-state index >= 15 is 0 Å². The third kappa shape index (κ3) is 1.36. The highest BCUT2D eigenvalue weighted by atomic mass is 32.1. The summed E-state index contributed by atoms with van der Waals surface area (Å²) in [4.78, 5) is 4.83. The Morgan fingerprint density at radius 2 is 2.44 bits per heavy atom. The molecule has 0 aliphatic heterocycles. The third-order valence-corrected chi connectivity index (χ3v) is 1.46. The second kappa shape index (κ2) is 2.73. The first-order valence-electron chi connectivity index (χ1n) is 2.65. The second-order valence-electron chi connectivity index (χ2n) is 1.64. The van der Waals surface area contributed by atoms with Crippen molar-refractivity contribution in [2.75, 3.05) is 12.4 Å². The average molecular weight is 140 g/mol. The van der Waals surface area contributed by atoms with Crippen LogP contribution in [0, 0.1) is 0 Å². The summed E-state index contributed by atoms with van der Waals surface area (Å²) < 4.78 is 0. The van der Waals surface area contributed by atoms with Gasteiger partial charge in [0.25, 0.3) is 0 Å². The third-order valence-electron chi connectivity index (χ3n) is 1.07. The number of anilines is 1. The predicted octanol–water partition coefficient (Wildman–Crippen LogP) is 1.41. The smallest absolute Gasteiger partial charge is 0.0659 e. The molecule has 0 aromatic carbocycles. The van der Waals surface area contributed by atoms with Crippen molar-refractivity contribution >= 4 is 18.3 Å². The molecule has 0 amide bonds. The lowest BCUT2D eigenvalue weighted by molar-refractivity contribution is 1.25. The summed E-state index contributed by atoms with van der Waals surface area (Å²) in [6.45, 7) is 0. The minimum atomic E-state index is 0.924. The standard InChI is InChI=1S/C6H8N2S/c1-7-5-4-8-3-2-6(5)9/h2-4,7H,1H3,(H,8,9). The molecule has 0 spiro atoms. The first kappa shape index (κ1) is 6.42. The Morgan fingerprint density at radius 1 is 1.67 bits per heavy atom. The lowest BCUT2D eigenvalue weighted by atomic mass is 10.4. The van der Waals surface area contributed by atoms with Gasteiger partial charge < -0.3 is 5.32 Å². The largest absolute Gasteiger partial charge is 0.386 e. The molecule has 3 heteroatoms. The van der Waals surface area contributed by atoms with Crippen LogP contribution in [-0.4, -0.2) is 12.0 Å². The molecule has 1 aromatic rings. The summed E-state index contributed by atoms with van der Waals surface area (Å²) in [5.41, 5.74) is 0.959. The highest BCUT2D eigenvalue weighted by Gasteiger charge is 1.90. The highest BCUT2D eigenvalue weighted by molar-refractivity contribution is 7.80. The minimum absolute atomic E-state index is 0.924. The molecule has 9 heavy (non-hydrogen) atoms. The Morgan fingerprint density at radius 3 is 2.89 bits per heavy atom. The molecular formula is C6H8N2S. The van der Waals surface area contributed by atoms with Gasteiger partial charge in [-0.2, -0.15) is 0 Å². The molecule has 0 unspecified atom stereocenters. The van der Waals surface area contributed by atoms with E-state index in [2.05, 4.69) is 22.9 Å². The van der Waals surface area contributed by atoms with E-state index in [0.29, 0.717) is 0 Å². The van der Waals surface area contributed by atoms with E-state index in [1.807, 2.05) is 13.1 Å². The summed E-state index contributed by atoms with van der Waals surface area (Å²) >= 11 is 4.18. The van der Waals surface area contributed by atoms with E-state index in [1.165, 1.54) is 0 Å².